The van der Waals surface area contributed by atoms with Crippen molar-refractivity contribution in [3.63, 3.8) is 0 Å². The van der Waals surface area contributed by atoms with Crippen LogP contribution in [0.3, 0.4) is 0 Å². The van der Waals surface area contributed by atoms with Gasteiger partial charge in [-0.3, -0.25) is 9.10 Å². The van der Waals surface area contributed by atoms with Crippen molar-refractivity contribution in [3.05, 3.63) is 101 Å². The van der Waals surface area contributed by atoms with Crippen molar-refractivity contribution >= 4 is 21.6 Å². The molecule has 3 aromatic rings. The van der Waals surface area contributed by atoms with Gasteiger partial charge in [0.1, 0.15) is 0 Å². The van der Waals surface area contributed by atoms with E-state index in [0.717, 1.165) is 22.3 Å². The second-order valence-electron chi connectivity index (χ2n) is 7.88. The molecule has 0 heterocycles. The summed E-state index contributed by atoms with van der Waals surface area (Å²) < 4.78 is 26.3. The lowest BCUT2D eigenvalue weighted by Crippen LogP contribution is -2.29. The predicted molar refractivity (Wildman–Crippen MR) is 126 cm³/mol. The van der Waals surface area contributed by atoms with Gasteiger partial charge in [0.25, 0.3) is 5.91 Å². The molecular formula is C25H28N2O3S. The summed E-state index contributed by atoms with van der Waals surface area (Å²) in [5.41, 5.74) is 5.22. The Morgan fingerprint density at radius 3 is 2.00 bits per heavy atom. The average Bonchev–Trinajstić information content (AvgIpc) is 2.74. The van der Waals surface area contributed by atoms with E-state index in [9.17, 15) is 13.2 Å². The molecule has 0 atom stereocenters. The smallest absolute Gasteiger partial charge is 0.253 e. The van der Waals surface area contributed by atoms with Crippen molar-refractivity contribution in [2.75, 3.05) is 17.6 Å². The number of rotatable bonds is 7. The van der Waals surface area contributed by atoms with Crippen LogP contribution in [-0.2, 0) is 23.1 Å². The number of benzene rings is 3. The minimum absolute atomic E-state index is 0.0791. The highest BCUT2D eigenvalue weighted by Gasteiger charge is 2.19. The van der Waals surface area contributed by atoms with Crippen molar-refractivity contribution in [1.82, 2.24) is 4.90 Å². The molecule has 0 N–H and O–H groups in total. The lowest BCUT2D eigenvalue weighted by atomic mass is 10.1. The van der Waals surface area contributed by atoms with E-state index in [1.54, 1.807) is 24.1 Å². The van der Waals surface area contributed by atoms with Gasteiger partial charge in [-0.2, -0.15) is 0 Å². The fourth-order valence-corrected chi connectivity index (χ4v) is 4.23. The fourth-order valence-electron chi connectivity index (χ4n) is 3.35. The number of carbonyl (C=O) groups is 1. The number of sulfonamides is 1. The summed E-state index contributed by atoms with van der Waals surface area (Å²) in [4.78, 5) is 14.4. The largest absolute Gasteiger partial charge is 0.337 e. The summed E-state index contributed by atoms with van der Waals surface area (Å²) in [5, 5.41) is 0. The minimum atomic E-state index is -3.46. The van der Waals surface area contributed by atoms with E-state index < -0.39 is 10.0 Å². The van der Waals surface area contributed by atoms with Gasteiger partial charge in [-0.15, -0.1) is 0 Å². The van der Waals surface area contributed by atoms with Gasteiger partial charge in [0.15, 0.2) is 0 Å². The van der Waals surface area contributed by atoms with Crippen molar-refractivity contribution in [1.29, 1.82) is 0 Å². The van der Waals surface area contributed by atoms with Crippen LogP contribution in [-0.4, -0.2) is 32.5 Å². The molecule has 0 saturated carbocycles. The highest BCUT2D eigenvalue weighted by atomic mass is 32.2. The van der Waals surface area contributed by atoms with Gasteiger partial charge in [0, 0.05) is 19.2 Å². The van der Waals surface area contributed by atoms with Gasteiger partial charge >= 0.3 is 0 Å². The molecule has 0 spiro atoms. The summed E-state index contributed by atoms with van der Waals surface area (Å²) >= 11 is 0. The van der Waals surface area contributed by atoms with E-state index in [-0.39, 0.29) is 12.5 Å². The summed E-state index contributed by atoms with van der Waals surface area (Å²) in [6, 6.07) is 22.6. The van der Waals surface area contributed by atoms with Crippen LogP contribution in [0.5, 0.6) is 0 Å². The first kappa shape index (κ1) is 22.6. The Kier molecular flexibility index (Phi) is 6.81. The van der Waals surface area contributed by atoms with Crippen LogP contribution in [0.4, 0.5) is 5.69 Å². The van der Waals surface area contributed by atoms with Crippen molar-refractivity contribution in [2.45, 2.75) is 26.9 Å². The summed E-state index contributed by atoms with van der Waals surface area (Å²) in [5.74, 6) is -0.0791. The van der Waals surface area contributed by atoms with Crippen LogP contribution in [0.15, 0.2) is 72.8 Å². The van der Waals surface area contributed by atoms with E-state index in [1.807, 2.05) is 74.5 Å². The quantitative estimate of drug-likeness (QED) is 0.546. The molecule has 0 aliphatic carbocycles. The van der Waals surface area contributed by atoms with Crippen LogP contribution >= 0.6 is 0 Å². The number of anilines is 1. The minimum Gasteiger partial charge on any atom is -0.337 e. The average molecular weight is 437 g/mol. The maximum atomic E-state index is 12.8. The number of nitrogens with zero attached hydrogens (tertiary/aromatic N) is 2. The maximum absolute atomic E-state index is 12.8. The zero-order valence-corrected chi connectivity index (χ0v) is 19.2. The Morgan fingerprint density at radius 1 is 0.806 bits per heavy atom. The number of carbonyl (C=O) groups excluding carboxylic acids is 1. The molecule has 0 aromatic heterocycles. The molecule has 6 heteroatoms. The molecule has 0 fully saturated rings. The van der Waals surface area contributed by atoms with Crippen LogP contribution in [0.2, 0.25) is 0 Å². The predicted octanol–water partition coefficient (Wildman–Crippen LogP) is 4.54. The van der Waals surface area contributed by atoms with Crippen molar-refractivity contribution < 1.29 is 13.2 Å². The lowest BCUT2D eigenvalue weighted by molar-refractivity contribution is 0.0785. The van der Waals surface area contributed by atoms with E-state index in [2.05, 4.69) is 0 Å². The third-order valence-electron chi connectivity index (χ3n) is 5.32. The Balaban J connectivity index is 1.76. The van der Waals surface area contributed by atoms with Crippen molar-refractivity contribution in [2.24, 2.45) is 0 Å². The van der Waals surface area contributed by atoms with Crippen LogP contribution in [0.1, 0.15) is 32.6 Å². The lowest BCUT2D eigenvalue weighted by Gasteiger charge is -2.23. The first-order chi connectivity index (χ1) is 14.6. The number of hydrogen-bond acceptors (Lipinski definition) is 3. The van der Waals surface area contributed by atoms with Gasteiger partial charge in [-0.25, -0.2) is 8.42 Å². The molecule has 0 unspecified atom stereocenters. The second-order valence-corrected chi connectivity index (χ2v) is 9.79. The maximum Gasteiger partial charge on any atom is 0.253 e. The van der Waals surface area contributed by atoms with E-state index in [0.29, 0.717) is 17.8 Å². The molecule has 3 aromatic carbocycles. The number of amides is 1. The molecule has 0 aliphatic rings. The second kappa shape index (κ2) is 9.35. The standard InChI is InChI=1S/C25H28N2O3S/c1-19-10-15-24(16-20(19)2)27(31(4,29)30)18-22-11-13-23(14-12-22)25(28)26(3)17-21-8-6-5-7-9-21/h5-16H,17-18H2,1-4H3. The van der Waals surface area contributed by atoms with Gasteiger partial charge in [-0.05, 0) is 60.4 Å². The molecule has 3 rings (SSSR count). The highest BCUT2D eigenvalue weighted by molar-refractivity contribution is 7.92. The van der Waals surface area contributed by atoms with E-state index in [4.69, 9.17) is 0 Å². The molecule has 0 aliphatic heterocycles. The van der Waals surface area contributed by atoms with Crippen LogP contribution < -0.4 is 4.31 Å². The highest BCUT2D eigenvalue weighted by Crippen LogP contribution is 2.23. The SMILES string of the molecule is Cc1ccc(N(Cc2ccc(C(=O)N(C)Cc3ccccc3)cc2)S(C)(=O)=O)cc1C. The zero-order chi connectivity index (χ0) is 22.6. The Labute approximate surface area is 185 Å². The molecule has 0 bridgehead atoms. The molecule has 1 amide bonds. The monoisotopic (exact) mass is 436 g/mol. The number of aryl methyl sites for hydroxylation is 2. The Morgan fingerprint density at radius 2 is 1.42 bits per heavy atom. The van der Waals surface area contributed by atoms with Gasteiger partial charge in [0.2, 0.25) is 10.0 Å². The summed E-state index contributed by atoms with van der Waals surface area (Å²) in [6.07, 6.45) is 1.21. The van der Waals surface area contributed by atoms with Crippen molar-refractivity contribution in [3.8, 4) is 0 Å². The van der Waals surface area contributed by atoms with Gasteiger partial charge < -0.3 is 4.90 Å². The van der Waals surface area contributed by atoms with Gasteiger partial charge in [0.05, 0.1) is 18.5 Å². The third kappa shape index (κ3) is 5.73. The molecule has 0 radical (unpaired) electrons. The van der Waals surface area contributed by atoms with E-state index >= 15 is 0 Å². The van der Waals surface area contributed by atoms with Crippen LogP contribution in [0.25, 0.3) is 0 Å². The topological polar surface area (TPSA) is 57.7 Å². The number of hydrogen-bond donors (Lipinski definition) is 0. The van der Waals surface area contributed by atoms with E-state index in [1.165, 1.54) is 10.6 Å². The molecular weight excluding hydrogens is 408 g/mol. The summed E-state index contributed by atoms with van der Waals surface area (Å²) in [6.45, 7) is 4.69. The Hall–Kier alpha value is -3.12. The normalized spacial score (nSPS) is 11.2. The molecule has 5 nitrogen and oxygen atoms in total. The van der Waals surface area contributed by atoms with Gasteiger partial charge in [-0.1, -0.05) is 48.5 Å². The zero-order valence-electron chi connectivity index (χ0n) is 18.4. The first-order valence-corrected chi connectivity index (χ1v) is 11.9. The molecule has 162 valence electrons. The summed E-state index contributed by atoms with van der Waals surface area (Å²) in [7, 11) is -1.69. The van der Waals surface area contributed by atoms with Crippen LogP contribution in [0, 0.1) is 13.8 Å². The third-order valence-corrected chi connectivity index (χ3v) is 6.46. The first-order valence-electron chi connectivity index (χ1n) is 10.1. The molecule has 0 saturated heterocycles. The molecule has 31 heavy (non-hydrogen) atoms. The Bertz CT molecular complexity index is 1160. The fraction of sp³-hybridized carbons (Fsp3) is 0.240.